The fourth-order valence-electron chi connectivity index (χ4n) is 2.00. The van der Waals surface area contributed by atoms with Gasteiger partial charge in [0.15, 0.2) is 0 Å². The molecule has 1 aromatic heterocycles. The molecule has 16 heavy (non-hydrogen) atoms. The standard InChI is InChI=1S/C11H15BrClN3/c1-16-4-2-3-9(16)7-15-11-10(12)5-8(13)6-14-11/h5-6,9H,2-4,7H2,1H3,(H,14,15). The largest absolute Gasteiger partial charge is 0.368 e. The van der Waals surface area contributed by atoms with Gasteiger partial charge >= 0.3 is 0 Å². The highest BCUT2D eigenvalue weighted by Gasteiger charge is 2.20. The minimum atomic E-state index is 0.615. The number of pyridine rings is 1. The number of likely N-dealkylation sites (N-methyl/N-ethyl adjacent to an activating group) is 1. The molecule has 2 rings (SSSR count). The molecule has 0 amide bonds. The molecule has 0 bridgehead atoms. The molecule has 1 atom stereocenters. The summed E-state index contributed by atoms with van der Waals surface area (Å²) in [5.41, 5.74) is 0. The molecule has 1 aliphatic rings. The average molecular weight is 305 g/mol. The van der Waals surface area contributed by atoms with Crippen LogP contribution < -0.4 is 5.32 Å². The number of nitrogens with zero attached hydrogens (tertiary/aromatic N) is 2. The monoisotopic (exact) mass is 303 g/mol. The van der Waals surface area contributed by atoms with Crippen LogP contribution in [0.4, 0.5) is 5.82 Å². The van der Waals surface area contributed by atoms with Crippen LogP contribution in [0.5, 0.6) is 0 Å². The van der Waals surface area contributed by atoms with Gasteiger partial charge in [-0.25, -0.2) is 4.98 Å². The Labute approximate surface area is 109 Å². The second-order valence-corrected chi connectivity index (χ2v) is 5.43. The van der Waals surface area contributed by atoms with E-state index in [1.165, 1.54) is 19.4 Å². The van der Waals surface area contributed by atoms with Crippen LogP contribution in [-0.4, -0.2) is 36.1 Å². The lowest BCUT2D eigenvalue weighted by Gasteiger charge is -2.20. The van der Waals surface area contributed by atoms with Gasteiger partial charge in [0.1, 0.15) is 5.82 Å². The molecule has 0 aliphatic carbocycles. The molecule has 5 heteroatoms. The van der Waals surface area contributed by atoms with Gasteiger partial charge in [-0.05, 0) is 48.4 Å². The van der Waals surface area contributed by atoms with Gasteiger partial charge < -0.3 is 10.2 Å². The predicted octanol–water partition coefficient (Wildman–Crippen LogP) is 3.00. The molecule has 0 aromatic carbocycles. The minimum absolute atomic E-state index is 0.615. The maximum atomic E-state index is 5.84. The molecule has 0 radical (unpaired) electrons. The smallest absolute Gasteiger partial charge is 0.140 e. The van der Waals surface area contributed by atoms with Gasteiger partial charge in [0.25, 0.3) is 0 Å². The van der Waals surface area contributed by atoms with Gasteiger partial charge in [-0.15, -0.1) is 0 Å². The van der Waals surface area contributed by atoms with Crippen molar-refractivity contribution in [1.29, 1.82) is 0 Å². The summed E-state index contributed by atoms with van der Waals surface area (Å²) in [5, 5.41) is 4.00. The topological polar surface area (TPSA) is 28.2 Å². The molecule has 0 saturated carbocycles. The van der Waals surface area contributed by atoms with E-state index in [0.717, 1.165) is 16.8 Å². The van der Waals surface area contributed by atoms with Gasteiger partial charge in [0, 0.05) is 18.8 Å². The zero-order chi connectivity index (χ0) is 11.5. The second kappa shape index (κ2) is 5.34. The molecule has 2 heterocycles. The van der Waals surface area contributed by atoms with Crippen molar-refractivity contribution in [3.63, 3.8) is 0 Å². The first kappa shape index (κ1) is 12.1. The SMILES string of the molecule is CN1CCCC1CNc1ncc(Cl)cc1Br. The molecule has 1 unspecified atom stereocenters. The fourth-order valence-corrected chi connectivity index (χ4v) is 2.78. The van der Waals surface area contributed by atoms with Crippen molar-refractivity contribution >= 4 is 33.3 Å². The van der Waals surface area contributed by atoms with Crippen LogP contribution in [0.1, 0.15) is 12.8 Å². The van der Waals surface area contributed by atoms with Crippen LogP contribution in [-0.2, 0) is 0 Å². The van der Waals surface area contributed by atoms with Gasteiger partial charge in [0.05, 0.1) is 9.50 Å². The summed E-state index contributed by atoms with van der Waals surface area (Å²) in [7, 11) is 2.17. The third-order valence-corrected chi connectivity index (χ3v) is 3.80. The van der Waals surface area contributed by atoms with E-state index < -0.39 is 0 Å². The third kappa shape index (κ3) is 2.87. The summed E-state index contributed by atoms with van der Waals surface area (Å²) >= 11 is 9.29. The van der Waals surface area contributed by atoms with Gasteiger partial charge in [0.2, 0.25) is 0 Å². The first-order chi connectivity index (χ1) is 7.66. The normalized spacial score (nSPS) is 21.3. The second-order valence-electron chi connectivity index (χ2n) is 4.14. The van der Waals surface area contributed by atoms with Crippen LogP contribution in [0.25, 0.3) is 0 Å². The molecule has 3 nitrogen and oxygen atoms in total. The fraction of sp³-hybridized carbons (Fsp3) is 0.545. The molecule has 1 saturated heterocycles. The molecule has 1 aromatic rings. The van der Waals surface area contributed by atoms with Crippen molar-refractivity contribution in [2.45, 2.75) is 18.9 Å². The number of halogens is 2. The molecule has 1 N–H and O–H groups in total. The summed E-state index contributed by atoms with van der Waals surface area (Å²) in [5.74, 6) is 0.865. The van der Waals surface area contributed by atoms with Crippen LogP contribution in [0.2, 0.25) is 5.02 Å². The van der Waals surface area contributed by atoms with Crippen LogP contribution in [0.3, 0.4) is 0 Å². The van der Waals surface area contributed by atoms with Gasteiger partial charge in [-0.1, -0.05) is 11.6 Å². The Balaban J connectivity index is 1.94. The molecule has 88 valence electrons. The van der Waals surface area contributed by atoms with Crippen molar-refractivity contribution in [3.8, 4) is 0 Å². The lowest BCUT2D eigenvalue weighted by atomic mass is 10.2. The quantitative estimate of drug-likeness (QED) is 0.930. The van der Waals surface area contributed by atoms with Crippen LogP contribution in [0.15, 0.2) is 16.7 Å². The zero-order valence-corrected chi connectivity index (χ0v) is 11.6. The molecule has 1 aliphatic heterocycles. The van der Waals surface area contributed by atoms with Crippen molar-refractivity contribution in [2.75, 3.05) is 25.5 Å². The van der Waals surface area contributed by atoms with E-state index in [1.807, 2.05) is 6.07 Å². The van der Waals surface area contributed by atoms with Crippen molar-refractivity contribution in [1.82, 2.24) is 9.88 Å². The van der Waals surface area contributed by atoms with E-state index in [0.29, 0.717) is 11.1 Å². The maximum Gasteiger partial charge on any atom is 0.140 e. The minimum Gasteiger partial charge on any atom is -0.368 e. The highest BCUT2D eigenvalue weighted by atomic mass is 79.9. The lowest BCUT2D eigenvalue weighted by molar-refractivity contribution is 0.322. The Morgan fingerprint density at radius 2 is 2.50 bits per heavy atom. The molecular weight excluding hydrogens is 289 g/mol. The average Bonchev–Trinajstić information content (AvgIpc) is 2.63. The highest BCUT2D eigenvalue weighted by Crippen LogP contribution is 2.24. The summed E-state index contributed by atoms with van der Waals surface area (Å²) < 4.78 is 0.917. The number of likely N-dealkylation sites (tertiary alicyclic amines) is 1. The van der Waals surface area contributed by atoms with Gasteiger partial charge in [-0.2, -0.15) is 0 Å². The number of hydrogen-bond donors (Lipinski definition) is 1. The Kier molecular flexibility index (Phi) is 4.05. The Morgan fingerprint density at radius 3 is 3.12 bits per heavy atom. The summed E-state index contributed by atoms with van der Waals surface area (Å²) in [6.07, 6.45) is 4.21. The van der Waals surface area contributed by atoms with Crippen molar-refractivity contribution in [2.24, 2.45) is 0 Å². The predicted molar refractivity (Wildman–Crippen MR) is 71.1 cm³/mol. The number of hydrogen-bond acceptors (Lipinski definition) is 3. The van der Waals surface area contributed by atoms with E-state index in [-0.39, 0.29) is 0 Å². The number of aromatic nitrogens is 1. The lowest BCUT2D eigenvalue weighted by Crippen LogP contribution is -2.31. The first-order valence-corrected chi connectivity index (χ1v) is 6.59. The number of nitrogens with one attached hydrogen (secondary N) is 1. The van der Waals surface area contributed by atoms with Crippen molar-refractivity contribution in [3.05, 3.63) is 21.8 Å². The van der Waals surface area contributed by atoms with E-state index >= 15 is 0 Å². The zero-order valence-electron chi connectivity index (χ0n) is 9.21. The Bertz CT molecular complexity index is 372. The van der Waals surface area contributed by atoms with Gasteiger partial charge in [-0.3, -0.25) is 0 Å². The summed E-state index contributed by atoms with van der Waals surface area (Å²) in [6, 6.07) is 2.47. The van der Waals surface area contributed by atoms with Crippen molar-refractivity contribution < 1.29 is 0 Å². The molecular formula is C11H15BrClN3. The Morgan fingerprint density at radius 1 is 1.69 bits per heavy atom. The van der Waals surface area contributed by atoms with E-state index in [9.17, 15) is 0 Å². The van der Waals surface area contributed by atoms with E-state index in [2.05, 4.69) is 38.2 Å². The van der Waals surface area contributed by atoms with Crippen LogP contribution >= 0.6 is 27.5 Å². The highest BCUT2D eigenvalue weighted by molar-refractivity contribution is 9.10. The Hall–Kier alpha value is -0.320. The summed E-state index contributed by atoms with van der Waals surface area (Å²) in [6.45, 7) is 2.13. The maximum absolute atomic E-state index is 5.84. The number of anilines is 1. The first-order valence-electron chi connectivity index (χ1n) is 5.42. The third-order valence-electron chi connectivity index (χ3n) is 2.98. The van der Waals surface area contributed by atoms with Crippen LogP contribution in [0, 0.1) is 0 Å². The number of rotatable bonds is 3. The van der Waals surface area contributed by atoms with E-state index in [4.69, 9.17) is 11.6 Å². The summed E-state index contributed by atoms with van der Waals surface area (Å²) in [4.78, 5) is 6.64. The molecule has 1 fully saturated rings. The van der Waals surface area contributed by atoms with E-state index in [1.54, 1.807) is 6.20 Å². The molecule has 0 spiro atoms.